The molecular weight excluding hydrogens is 399 g/mol. The van der Waals surface area contributed by atoms with Crippen molar-refractivity contribution in [2.24, 2.45) is 0 Å². The van der Waals surface area contributed by atoms with Gasteiger partial charge in [-0.3, -0.25) is 14.5 Å². The van der Waals surface area contributed by atoms with Gasteiger partial charge in [0, 0.05) is 10.7 Å². The predicted octanol–water partition coefficient (Wildman–Crippen LogP) is 3.91. The second-order valence-electron chi connectivity index (χ2n) is 6.48. The highest BCUT2D eigenvalue weighted by Crippen LogP contribution is 2.27. The second kappa shape index (κ2) is 9.07. The number of amides is 2. The highest BCUT2D eigenvalue weighted by atomic mass is 35.5. The molecule has 1 saturated heterocycles. The summed E-state index contributed by atoms with van der Waals surface area (Å²) >= 11 is 12.1. The van der Waals surface area contributed by atoms with Crippen LogP contribution in [0.4, 0.5) is 11.4 Å². The molecule has 2 aromatic rings. The van der Waals surface area contributed by atoms with Crippen LogP contribution in [0, 0.1) is 11.3 Å². The van der Waals surface area contributed by atoms with Crippen molar-refractivity contribution in [2.45, 2.75) is 18.9 Å². The Kier molecular flexibility index (Phi) is 6.53. The number of halogens is 2. The lowest BCUT2D eigenvalue weighted by Gasteiger charge is -2.23. The lowest BCUT2D eigenvalue weighted by atomic mass is 10.2. The summed E-state index contributed by atoms with van der Waals surface area (Å²) in [7, 11) is 0. The minimum Gasteiger partial charge on any atom is -0.325 e. The van der Waals surface area contributed by atoms with Gasteiger partial charge in [0.05, 0.1) is 34.9 Å². The molecule has 8 heteroatoms. The van der Waals surface area contributed by atoms with E-state index in [0.717, 1.165) is 6.42 Å². The van der Waals surface area contributed by atoms with Gasteiger partial charge in [0.1, 0.15) is 0 Å². The molecule has 1 aliphatic heterocycles. The Bertz CT molecular complexity index is 925. The molecular formula is C20H18Cl2N4O2. The summed E-state index contributed by atoms with van der Waals surface area (Å²) < 4.78 is 0. The normalized spacial score (nSPS) is 16.4. The maximum atomic E-state index is 12.7. The number of carbonyl (C=O) groups is 2. The molecule has 2 N–H and O–H groups in total. The van der Waals surface area contributed by atoms with Crippen LogP contribution in [0.3, 0.4) is 0 Å². The van der Waals surface area contributed by atoms with Crippen molar-refractivity contribution in [2.75, 3.05) is 23.7 Å². The Balaban J connectivity index is 1.60. The molecule has 0 aliphatic carbocycles. The van der Waals surface area contributed by atoms with E-state index < -0.39 is 6.04 Å². The number of benzene rings is 2. The maximum Gasteiger partial charge on any atom is 0.241 e. The molecule has 1 heterocycles. The first-order chi connectivity index (χ1) is 13.5. The van der Waals surface area contributed by atoms with Crippen molar-refractivity contribution in [3.05, 3.63) is 58.1 Å². The third-order valence-corrected chi connectivity index (χ3v) is 5.06. The monoisotopic (exact) mass is 416 g/mol. The van der Waals surface area contributed by atoms with E-state index in [9.17, 15) is 9.59 Å². The molecule has 0 radical (unpaired) electrons. The van der Waals surface area contributed by atoms with Gasteiger partial charge in [0.15, 0.2) is 0 Å². The van der Waals surface area contributed by atoms with Gasteiger partial charge < -0.3 is 10.6 Å². The van der Waals surface area contributed by atoms with Crippen LogP contribution < -0.4 is 10.6 Å². The molecule has 0 spiro atoms. The minimum atomic E-state index is -0.415. The lowest BCUT2D eigenvalue weighted by Crippen LogP contribution is -2.43. The Morgan fingerprint density at radius 3 is 2.61 bits per heavy atom. The largest absolute Gasteiger partial charge is 0.325 e. The number of likely N-dealkylation sites (tertiary alicyclic amines) is 1. The molecule has 28 heavy (non-hydrogen) atoms. The van der Waals surface area contributed by atoms with Gasteiger partial charge in [-0.2, -0.15) is 5.26 Å². The van der Waals surface area contributed by atoms with E-state index in [1.165, 1.54) is 0 Å². The van der Waals surface area contributed by atoms with E-state index in [-0.39, 0.29) is 18.4 Å². The Morgan fingerprint density at radius 1 is 1.14 bits per heavy atom. The summed E-state index contributed by atoms with van der Waals surface area (Å²) in [6, 6.07) is 13.1. The number of hydrogen-bond acceptors (Lipinski definition) is 4. The summed E-state index contributed by atoms with van der Waals surface area (Å²) in [5, 5.41) is 15.3. The number of anilines is 2. The molecule has 2 amide bonds. The van der Waals surface area contributed by atoms with Crippen LogP contribution in [-0.4, -0.2) is 35.8 Å². The third kappa shape index (κ3) is 5.02. The van der Waals surface area contributed by atoms with E-state index >= 15 is 0 Å². The Hall–Kier alpha value is -2.59. The summed E-state index contributed by atoms with van der Waals surface area (Å²) in [5.74, 6) is -0.432. The van der Waals surface area contributed by atoms with Crippen LogP contribution in [0.25, 0.3) is 0 Å². The van der Waals surface area contributed by atoms with E-state index in [1.54, 1.807) is 42.5 Å². The molecule has 1 aliphatic rings. The molecule has 1 fully saturated rings. The van der Waals surface area contributed by atoms with Gasteiger partial charge in [-0.15, -0.1) is 0 Å². The second-order valence-corrected chi connectivity index (χ2v) is 7.32. The predicted molar refractivity (Wildman–Crippen MR) is 109 cm³/mol. The molecule has 0 unspecified atom stereocenters. The fourth-order valence-corrected chi connectivity index (χ4v) is 3.47. The molecule has 1 atom stereocenters. The minimum absolute atomic E-state index is 0.0986. The average Bonchev–Trinajstić information content (AvgIpc) is 3.13. The molecule has 3 rings (SSSR count). The highest BCUT2D eigenvalue weighted by Gasteiger charge is 2.32. The molecule has 2 aromatic carbocycles. The van der Waals surface area contributed by atoms with Crippen molar-refractivity contribution >= 4 is 46.4 Å². The van der Waals surface area contributed by atoms with E-state index in [4.69, 9.17) is 28.5 Å². The fourth-order valence-electron chi connectivity index (χ4n) is 3.13. The van der Waals surface area contributed by atoms with Gasteiger partial charge in [-0.1, -0.05) is 23.2 Å². The maximum absolute atomic E-state index is 12.7. The van der Waals surface area contributed by atoms with Crippen molar-refractivity contribution in [3.8, 4) is 6.07 Å². The first-order valence-corrected chi connectivity index (χ1v) is 9.52. The molecule has 0 bridgehead atoms. The van der Waals surface area contributed by atoms with Crippen LogP contribution in [-0.2, 0) is 9.59 Å². The van der Waals surface area contributed by atoms with Crippen molar-refractivity contribution in [1.29, 1.82) is 5.26 Å². The number of rotatable bonds is 5. The zero-order valence-electron chi connectivity index (χ0n) is 14.9. The summed E-state index contributed by atoms with van der Waals surface area (Å²) in [4.78, 5) is 26.9. The number of nitrogens with zero attached hydrogens (tertiary/aromatic N) is 2. The third-order valence-electron chi connectivity index (χ3n) is 4.50. The quantitative estimate of drug-likeness (QED) is 0.773. The first-order valence-electron chi connectivity index (χ1n) is 8.76. The fraction of sp³-hybridized carbons (Fsp3) is 0.250. The van der Waals surface area contributed by atoms with Gasteiger partial charge in [0.2, 0.25) is 11.8 Å². The Morgan fingerprint density at radius 2 is 1.89 bits per heavy atom. The first kappa shape index (κ1) is 20.2. The van der Waals surface area contributed by atoms with E-state index in [2.05, 4.69) is 10.6 Å². The standard InChI is InChI=1S/C20H18Cl2N4O2/c21-14-5-8-16(22)17(10-14)25-20(28)18-2-1-9-26(18)12-19(27)24-15-6-3-13(11-23)4-7-15/h3-8,10,18H,1-2,9,12H2,(H,24,27)(H,25,28)/t18-/m0/s1. The SMILES string of the molecule is N#Cc1ccc(NC(=O)CN2CCC[C@H]2C(=O)Nc2cc(Cl)ccc2Cl)cc1. The molecule has 6 nitrogen and oxygen atoms in total. The number of hydrogen-bond donors (Lipinski definition) is 2. The van der Waals surface area contributed by atoms with Crippen LogP contribution >= 0.6 is 23.2 Å². The van der Waals surface area contributed by atoms with Crippen LogP contribution in [0.15, 0.2) is 42.5 Å². The Labute approximate surface area is 173 Å². The molecule has 0 aromatic heterocycles. The van der Waals surface area contributed by atoms with E-state index in [0.29, 0.717) is 39.9 Å². The number of carbonyl (C=O) groups excluding carboxylic acids is 2. The summed E-state index contributed by atoms with van der Waals surface area (Å²) in [5.41, 5.74) is 1.58. The summed E-state index contributed by atoms with van der Waals surface area (Å²) in [6.07, 6.45) is 1.49. The van der Waals surface area contributed by atoms with Crippen LogP contribution in [0.5, 0.6) is 0 Å². The van der Waals surface area contributed by atoms with Crippen molar-refractivity contribution in [3.63, 3.8) is 0 Å². The van der Waals surface area contributed by atoms with Crippen LogP contribution in [0.2, 0.25) is 10.0 Å². The number of nitriles is 1. The summed E-state index contributed by atoms with van der Waals surface area (Å²) in [6.45, 7) is 0.753. The van der Waals surface area contributed by atoms with Crippen molar-refractivity contribution in [1.82, 2.24) is 4.90 Å². The topological polar surface area (TPSA) is 85.2 Å². The molecule has 0 saturated carbocycles. The van der Waals surface area contributed by atoms with Gasteiger partial charge in [-0.05, 0) is 61.9 Å². The zero-order chi connectivity index (χ0) is 20.1. The molecule has 144 valence electrons. The van der Waals surface area contributed by atoms with Crippen LogP contribution in [0.1, 0.15) is 18.4 Å². The highest BCUT2D eigenvalue weighted by molar-refractivity contribution is 6.35. The van der Waals surface area contributed by atoms with Gasteiger partial charge >= 0.3 is 0 Å². The van der Waals surface area contributed by atoms with E-state index in [1.807, 2.05) is 11.0 Å². The van der Waals surface area contributed by atoms with Gasteiger partial charge in [0.25, 0.3) is 0 Å². The number of nitrogens with one attached hydrogen (secondary N) is 2. The lowest BCUT2D eigenvalue weighted by molar-refractivity contribution is -0.122. The van der Waals surface area contributed by atoms with Gasteiger partial charge in [-0.25, -0.2) is 0 Å². The zero-order valence-corrected chi connectivity index (χ0v) is 16.4. The smallest absolute Gasteiger partial charge is 0.241 e. The average molecular weight is 417 g/mol. The van der Waals surface area contributed by atoms with Crippen molar-refractivity contribution < 1.29 is 9.59 Å².